The number of hydrogen-bond donors (Lipinski definition) is 0. The maximum atomic E-state index is 13.5. The van der Waals surface area contributed by atoms with Gasteiger partial charge in [0.15, 0.2) is 0 Å². The smallest absolute Gasteiger partial charge is 0.108 e. The summed E-state index contributed by atoms with van der Waals surface area (Å²) in [6, 6.07) is 56.8. The first-order valence-electron chi connectivity index (χ1n) is 50.7. The molecule has 0 saturated heterocycles. The van der Waals surface area contributed by atoms with Gasteiger partial charge >= 0.3 is 0 Å². The zero-order valence-corrected chi connectivity index (χ0v) is 87.0. The molecule has 0 amide bonds. The second-order valence-corrected chi connectivity index (χ2v) is 42.5. The monoisotopic (exact) mass is 1680 g/mol. The fraction of sp³-hybridized carbons (Fsp3) is 0.697. The van der Waals surface area contributed by atoms with Crippen molar-refractivity contribution in [3.8, 4) is 0 Å². The maximum Gasteiger partial charge on any atom is 0.108 e. The Balaban J connectivity index is 0.000000678. The number of methoxy groups -OCH3 is 1. The lowest BCUT2D eigenvalue weighted by atomic mass is 9.72. The second-order valence-electron chi connectivity index (χ2n) is 42.5. The van der Waals surface area contributed by atoms with E-state index in [0.29, 0.717) is 35.9 Å². The quantitative estimate of drug-likeness (QED) is 0.0569. The van der Waals surface area contributed by atoms with Crippen LogP contribution in [0.25, 0.3) is 0 Å². The highest BCUT2D eigenvalue weighted by atomic mass is 19.1. The molecule has 10 atom stereocenters. The van der Waals surface area contributed by atoms with Gasteiger partial charge in [0.25, 0.3) is 0 Å². The molecule has 6 aromatic carbocycles. The number of alkyl halides is 1. The molecule has 0 heterocycles. The van der Waals surface area contributed by atoms with Crippen molar-refractivity contribution >= 4 is 0 Å². The third-order valence-corrected chi connectivity index (χ3v) is 29.2. The summed E-state index contributed by atoms with van der Waals surface area (Å²) in [7, 11) is 1.77. The summed E-state index contributed by atoms with van der Waals surface area (Å²) in [5.74, 6) is 17.4. The molecule has 4 fully saturated rings. The topological polar surface area (TPSA) is 18.5 Å². The van der Waals surface area contributed by atoms with Gasteiger partial charge in [0.1, 0.15) is 5.67 Å². The molecule has 10 rings (SSSR count). The Kier molecular flexibility index (Phi) is 60.4. The summed E-state index contributed by atoms with van der Waals surface area (Å²) in [6.45, 7) is 79.0. The maximum absolute atomic E-state index is 13.5. The van der Waals surface area contributed by atoms with Gasteiger partial charge in [-0.05, 0) is 276 Å². The zero-order valence-electron chi connectivity index (χ0n) is 87.0. The SMILES string of the molecule is CC(C)C(C)C1CCC(C)(F)CC1.CC(C)C(C)C1CCCCC1.CC(C)C(C)OC1CCCCC1.CC(C)C(C)c1ccccc1.CC1CCC(C(C)C(C)C)CC1.CCC(c1ccc(C)cc1)C(C)C.CCC(c1ccc(C)cc1)C(C)C.CCC(c1ccccc1)C(C)C.COC(c1ccc(C)cc1)C(C)C.Cc1ccc(C(C)C(C)C)cc1. The first kappa shape index (κ1) is 115. The van der Waals surface area contributed by atoms with Crippen LogP contribution in [0, 0.1) is 128 Å². The molecule has 4 saturated carbocycles. The van der Waals surface area contributed by atoms with Crippen LogP contribution < -0.4 is 0 Å². The van der Waals surface area contributed by atoms with Crippen molar-refractivity contribution < 1.29 is 13.9 Å². The minimum Gasteiger partial charge on any atom is -0.376 e. The van der Waals surface area contributed by atoms with E-state index in [9.17, 15) is 4.39 Å². The van der Waals surface area contributed by atoms with Gasteiger partial charge in [-0.2, -0.15) is 0 Å². The second kappa shape index (κ2) is 64.0. The van der Waals surface area contributed by atoms with E-state index in [1.54, 1.807) is 14.0 Å². The van der Waals surface area contributed by atoms with Crippen molar-refractivity contribution in [2.24, 2.45) is 101 Å². The molecule has 0 N–H and O–H groups in total. The van der Waals surface area contributed by atoms with Gasteiger partial charge in [0, 0.05) is 7.11 Å². The van der Waals surface area contributed by atoms with Crippen LogP contribution in [0.15, 0.2) is 158 Å². The first-order valence-corrected chi connectivity index (χ1v) is 50.7. The zero-order chi connectivity index (χ0) is 92.4. The fourth-order valence-corrected chi connectivity index (χ4v) is 18.1. The number of rotatable bonds is 25. The Labute approximate surface area is 760 Å². The predicted molar refractivity (Wildman–Crippen MR) is 546 cm³/mol. The Morgan fingerprint density at radius 3 is 0.869 bits per heavy atom. The van der Waals surface area contributed by atoms with Crippen molar-refractivity contribution in [2.75, 3.05) is 7.11 Å². The Morgan fingerprint density at radius 1 is 0.303 bits per heavy atom. The Morgan fingerprint density at radius 2 is 0.582 bits per heavy atom. The molecule has 0 bridgehead atoms. The van der Waals surface area contributed by atoms with Crippen LogP contribution >= 0.6 is 0 Å². The highest BCUT2D eigenvalue weighted by molar-refractivity contribution is 5.28. The van der Waals surface area contributed by atoms with E-state index in [-0.39, 0.29) is 6.10 Å². The molecule has 2 nitrogen and oxygen atoms in total. The van der Waals surface area contributed by atoms with Gasteiger partial charge in [-0.3, -0.25) is 0 Å². The summed E-state index contributed by atoms with van der Waals surface area (Å²) in [5.41, 5.74) is 13.1. The van der Waals surface area contributed by atoms with Crippen LogP contribution in [0.5, 0.6) is 0 Å². The van der Waals surface area contributed by atoms with Crippen LogP contribution in [0.2, 0.25) is 0 Å². The minimum absolute atomic E-state index is 0.223. The summed E-state index contributed by atoms with van der Waals surface area (Å²) in [4.78, 5) is 0. The third-order valence-electron chi connectivity index (χ3n) is 29.2. The molecule has 10 unspecified atom stereocenters. The lowest BCUT2D eigenvalue weighted by molar-refractivity contribution is -0.0410. The standard InChI is InChI=1S/2C13H20.C12H23F.C12H18O.C12H24.2C12H18.C11H22O.C11H22.C11H16/c2*1-5-13(10(2)3)12-8-6-11(4)7-9-12;1-9(2)10(3)11-5-7-12(4,13)8-6-11;1-9(2)12(13-4)11-7-5-10(3)6-8-11;2*1-9(2)11(4)12-7-5-10(3)6-8-12;1-4-12(10(2)3)11-8-6-5-7-9-11;1-9(2)10(3)12-11-7-5-4-6-8-11;2*1-9(2)10(3)11-7-5-4-6-8-11/h2*6-10,13H,5H2,1-4H3;9-11H,5-8H2,1-4H3;5-9,12H,1-4H3;9-12H,5-8H2,1-4H3;5-9,11H,1-4H3;5-10,12H,4H2,1-3H3;9-11H,4-8H2,1-3H3;9-11H,4-8H2,1-3H3;4-10H,1-3H3. The summed E-state index contributed by atoms with van der Waals surface area (Å²) in [5, 5.41) is 0. The van der Waals surface area contributed by atoms with E-state index in [1.807, 2.05) is 0 Å². The van der Waals surface area contributed by atoms with Gasteiger partial charge in [-0.15, -0.1) is 0 Å². The van der Waals surface area contributed by atoms with Crippen molar-refractivity contribution in [2.45, 2.75) is 431 Å². The number of benzene rings is 6. The van der Waals surface area contributed by atoms with Crippen molar-refractivity contribution in [1.82, 2.24) is 0 Å². The molecule has 4 aliphatic carbocycles. The molecule has 122 heavy (non-hydrogen) atoms. The number of aryl methyl sites for hydroxylation is 4. The van der Waals surface area contributed by atoms with E-state index in [4.69, 9.17) is 9.47 Å². The molecule has 4 aliphatic rings. The molecular weight excluding hydrogens is 1480 g/mol. The molecule has 0 aromatic heterocycles. The minimum atomic E-state index is -0.868. The molecule has 696 valence electrons. The van der Waals surface area contributed by atoms with E-state index in [2.05, 4.69) is 393 Å². The Bertz CT molecular complexity index is 3220. The molecule has 6 aromatic rings. The van der Waals surface area contributed by atoms with Gasteiger partial charge in [0.05, 0.1) is 18.3 Å². The lowest BCUT2D eigenvalue weighted by Crippen LogP contribution is -2.30. The lowest BCUT2D eigenvalue weighted by Gasteiger charge is -2.35. The third kappa shape index (κ3) is 47.8. The van der Waals surface area contributed by atoms with Crippen LogP contribution in [0.3, 0.4) is 0 Å². The van der Waals surface area contributed by atoms with E-state index in [0.717, 1.165) is 132 Å². The van der Waals surface area contributed by atoms with Crippen LogP contribution in [0.1, 0.15) is 441 Å². The largest absolute Gasteiger partial charge is 0.376 e. The van der Waals surface area contributed by atoms with E-state index < -0.39 is 5.67 Å². The molecular formula is C119H201FO2. The van der Waals surface area contributed by atoms with Gasteiger partial charge < -0.3 is 9.47 Å². The van der Waals surface area contributed by atoms with Gasteiger partial charge in [-0.1, -0.05) is 445 Å². The van der Waals surface area contributed by atoms with E-state index >= 15 is 0 Å². The van der Waals surface area contributed by atoms with Crippen LogP contribution in [-0.4, -0.2) is 25.0 Å². The highest BCUT2D eigenvalue weighted by Gasteiger charge is 2.34. The molecule has 0 spiro atoms. The average molecular weight is 1680 g/mol. The normalized spacial score (nSPS) is 19.9. The summed E-state index contributed by atoms with van der Waals surface area (Å²) < 4.78 is 24.9. The average Bonchev–Trinajstić information content (AvgIpc) is 0.886. The van der Waals surface area contributed by atoms with Crippen molar-refractivity contribution in [1.29, 1.82) is 0 Å². The fourth-order valence-electron chi connectivity index (χ4n) is 18.1. The Hall–Kier alpha value is -4.83. The number of ether oxygens (including phenoxy) is 2. The molecule has 0 radical (unpaired) electrons. The number of hydrogen-bond acceptors (Lipinski definition) is 2. The summed E-state index contributed by atoms with van der Waals surface area (Å²) in [6.07, 6.45) is 28.8. The highest BCUT2D eigenvalue weighted by Crippen LogP contribution is 2.41. The molecule has 0 aliphatic heterocycles. The van der Waals surface area contributed by atoms with Crippen LogP contribution in [-0.2, 0) is 9.47 Å². The number of halogens is 1. The van der Waals surface area contributed by atoms with Crippen molar-refractivity contribution in [3.63, 3.8) is 0 Å². The molecule has 3 heteroatoms. The van der Waals surface area contributed by atoms with Crippen LogP contribution in [0.4, 0.5) is 4.39 Å². The summed E-state index contributed by atoms with van der Waals surface area (Å²) >= 11 is 0. The first-order chi connectivity index (χ1) is 57.5. The predicted octanol–water partition coefficient (Wildman–Crippen LogP) is 38.2. The van der Waals surface area contributed by atoms with Crippen molar-refractivity contribution in [3.05, 3.63) is 213 Å². The van der Waals surface area contributed by atoms with E-state index in [1.165, 1.54) is 165 Å². The van der Waals surface area contributed by atoms with Gasteiger partial charge in [0.2, 0.25) is 0 Å². The van der Waals surface area contributed by atoms with Gasteiger partial charge in [-0.25, -0.2) is 4.39 Å².